The van der Waals surface area contributed by atoms with Crippen LogP contribution in [0.1, 0.15) is 45.1 Å². The summed E-state index contributed by atoms with van der Waals surface area (Å²) in [7, 11) is -3.96. The molecule has 0 saturated carbocycles. The molecule has 0 radical (unpaired) electrons. The van der Waals surface area contributed by atoms with Gasteiger partial charge in [0.1, 0.15) is 22.1 Å². The van der Waals surface area contributed by atoms with Gasteiger partial charge < -0.3 is 15.7 Å². The number of thioether (sulfide) groups is 1. The van der Waals surface area contributed by atoms with E-state index in [9.17, 15) is 23.1 Å². The first-order valence-corrected chi connectivity index (χ1v) is 15.1. The molecule has 204 valence electrons. The van der Waals surface area contributed by atoms with Gasteiger partial charge in [-0.2, -0.15) is 4.72 Å². The molecule has 1 aromatic heterocycles. The van der Waals surface area contributed by atoms with E-state index in [2.05, 4.69) is 29.6 Å². The number of fused-ring (bicyclic) bond motifs is 1. The van der Waals surface area contributed by atoms with E-state index in [1.54, 1.807) is 30.5 Å². The Hall–Kier alpha value is -2.60. The third-order valence-corrected chi connectivity index (χ3v) is 10.0. The summed E-state index contributed by atoms with van der Waals surface area (Å²) in [6.45, 7) is 4.26. The molecule has 2 aromatic rings. The molecule has 4 N–H and O–H groups in total. The predicted molar refractivity (Wildman–Crippen MR) is 151 cm³/mol. The number of carbonyl (C=O) groups excluding carboxylic acids is 1. The van der Waals surface area contributed by atoms with Crippen molar-refractivity contribution in [1.29, 1.82) is 0 Å². The normalized spacial score (nSPS) is 19.4. The number of rotatable bonds is 9. The fourth-order valence-electron chi connectivity index (χ4n) is 4.68. The van der Waals surface area contributed by atoms with Crippen molar-refractivity contribution in [3.8, 4) is 0 Å². The average Bonchev–Trinajstić information content (AvgIpc) is 3.02. The average molecular weight is 579 g/mol. The highest BCUT2D eigenvalue weighted by molar-refractivity contribution is 8.20. The molecule has 9 nitrogen and oxygen atoms in total. The van der Waals surface area contributed by atoms with Crippen molar-refractivity contribution in [2.45, 2.75) is 58.0 Å². The van der Waals surface area contributed by atoms with Crippen LogP contribution in [0.25, 0.3) is 10.8 Å². The number of anilines is 1. The number of carboxylic acids is 1. The van der Waals surface area contributed by atoms with Crippen LogP contribution in [0.15, 0.2) is 45.7 Å². The Morgan fingerprint density at radius 3 is 2.74 bits per heavy atom. The van der Waals surface area contributed by atoms with E-state index in [0.29, 0.717) is 34.1 Å². The standard InChI is InChI=1S/C26H31ClN4O5S2/c1-15(2)11-18-5-3-4-6-23(37-18)38(35,36)30-21-8-10-31(25(21)32)22(26(33)34)13-17-12-16-7-9-29-24(28)19(16)14-20(17)27/h5-7,9,12,14-15,21-22,30H,3-4,8,10-11,13H2,1-2H3,(H2,28,29)(H,33,34). The van der Waals surface area contributed by atoms with Crippen molar-refractivity contribution in [3.63, 3.8) is 0 Å². The van der Waals surface area contributed by atoms with Gasteiger partial charge in [0.05, 0.1) is 0 Å². The van der Waals surface area contributed by atoms with Crippen LogP contribution in [0.2, 0.25) is 5.02 Å². The van der Waals surface area contributed by atoms with Crippen molar-refractivity contribution < 1.29 is 23.1 Å². The lowest BCUT2D eigenvalue weighted by molar-refractivity contribution is -0.148. The third-order valence-electron chi connectivity index (χ3n) is 6.53. The number of hydrogen-bond acceptors (Lipinski definition) is 7. The topological polar surface area (TPSA) is 143 Å². The summed E-state index contributed by atoms with van der Waals surface area (Å²) in [6, 6.07) is 2.87. The minimum Gasteiger partial charge on any atom is -0.480 e. The van der Waals surface area contributed by atoms with Gasteiger partial charge in [0.25, 0.3) is 0 Å². The van der Waals surface area contributed by atoms with Gasteiger partial charge in [0.15, 0.2) is 0 Å². The SMILES string of the molecule is CC(C)CC1=CCCC=C(S(=O)(=O)NC2CCN(C(Cc3cc4ccnc(N)c4cc3Cl)C(=O)O)C2=O)S1. The van der Waals surface area contributed by atoms with Crippen LogP contribution < -0.4 is 10.5 Å². The third kappa shape index (κ3) is 6.33. The van der Waals surface area contributed by atoms with Crippen molar-refractivity contribution in [3.05, 3.63) is 56.3 Å². The summed E-state index contributed by atoms with van der Waals surface area (Å²) >= 11 is 7.65. The summed E-state index contributed by atoms with van der Waals surface area (Å²) in [6.07, 6.45) is 7.53. The van der Waals surface area contributed by atoms with E-state index < -0.39 is 34.0 Å². The van der Waals surface area contributed by atoms with Crippen LogP contribution >= 0.6 is 23.4 Å². The maximum atomic E-state index is 13.3. The number of likely N-dealkylation sites (tertiary alicyclic amines) is 1. The molecular formula is C26H31ClN4O5S2. The maximum absolute atomic E-state index is 13.3. The fourth-order valence-corrected chi connectivity index (χ4v) is 7.95. The molecular weight excluding hydrogens is 548 g/mol. The summed E-state index contributed by atoms with van der Waals surface area (Å²) in [5.74, 6) is -1.07. The van der Waals surface area contributed by atoms with Gasteiger partial charge in [-0.1, -0.05) is 49.4 Å². The Morgan fingerprint density at radius 1 is 1.29 bits per heavy atom. The van der Waals surface area contributed by atoms with Crippen LogP contribution in [0, 0.1) is 5.92 Å². The van der Waals surface area contributed by atoms with Gasteiger partial charge >= 0.3 is 5.97 Å². The van der Waals surface area contributed by atoms with E-state index in [0.717, 1.165) is 23.1 Å². The summed E-state index contributed by atoms with van der Waals surface area (Å²) in [4.78, 5) is 31.8. The van der Waals surface area contributed by atoms with Crippen LogP contribution in [-0.4, -0.2) is 53.9 Å². The highest BCUT2D eigenvalue weighted by Gasteiger charge is 2.41. The lowest BCUT2D eigenvalue weighted by Gasteiger charge is -2.25. The van der Waals surface area contributed by atoms with Gasteiger partial charge in [0.2, 0.25) is 15.9 Å². The Bertz CT molecular complexity index is 1420. The van der Waals surface area contributed by atoms with E-state index in [-0.39, 0.29) is 23.6 Å². The number of carbonyl (C=O) groups is 2. The van der Waals surface area contributed by atoms with E-state index in [1.165, 1.54) is 16.7 Å². The number of hydrogen-bond donors (Lipinski definition) is 3. The molecule has 1 amide bonds. The largest absolute Gasteiger partial charge is 0.480 e. The van der Waals surface area contributed by atoms with Crippen molar-refractivity contribution in [2.24, 2.45) is 5.92 Å². The number of halogens is 1. The lowest BCUT2D eigenvalue weighted by atomic mass is 10.0. The number of pyridine rings is 1. The molecule has 2 aliphatic heterocycles. The Labute approximate surface area is 231 Å². The van der Waals surface area contributed by atoms with Crippen LogP contribution in [0.3, 0.4) is 0 Å². The first kappa shape index (κ1) is 28.4. The molecule has 1 fully saturated rings. The van der Waals surface area contributed by atoms with Crippen molar-refractivity contribution >= 4 is 61.9 Å². The fraction of sp³-hybridized carbons (Fsp3) is 0.423. The quantitative estimate of drug-likeness (QED) is 0.400. The van der Waals surface area contributed by atoms with Gasteiger partial charge in [-0.05, 0) is 65.7 Å². The Balaban J connectivity index is 1.50. The minimum atomic E-state index is -3.96. The van der Waals surface area contributed by atoms with Gasteiger partial charge in [0, 0.05) is 29.6 Å². The minimum absolute atomic E-state index is 0.0398. The second-order valence-electron chi connectivity index (χ2n) is 9.88. The molecule has 0 spiro atoms. The first-order chi connectivity index (χ1) is 18.0. The zero-order valence-corrected chi connectivity index (χ0v) is 23.6. The molecule has 2 unspecified atom stereocenters. The predicted octanol–water partition coefficient (Wildman–Crippen LogP) is 4.28. The summed E-state index contributed by atoms with van der Waals surface area (Å²) in [5.41, 5.74) is 6.46. The Morgan fingerprint density at radius 2 is 2.03 bits per heavy atom. The van der Waals surface area contributed by atoms with Crippen LogP contribution in [0.4, 0.5) is 5.82 Å². The highest BCUT2D eigenvalue weighted by Crippen LogP contribution is 2.37. The molecule has 3 heterocycles. The molecule has 2 aliphatic rings. The van der Waals surface area contributed by atoms with Crippen LogP contribution in [0.5, 0.6) is 0 Å². The monoisotopic (exact) mass is 578 g/mol. The van der Waals surface area contributed by atoms with E-state index in [1.807, 2.05) is 0 Å². The molecule has 2 atom stereocenters. The molecule has 0 aliphatic carbocycles. The number of nitrogen functional groups attached to an aromatic ring is 1. The number of aliphatic carboxylic acids is 1. The molecule has 4 rings (SSSR count). The van der Waals surface area contributed by atoms with E-state index in [4.69, 9.17) is 17.3 Å². The molecule has 1 aromatic carbocycles. The zero-order valence-electron chi connectivity index (χ0n) is 21.2. The number of sulfonamides is 1. The second kappa shape index (κ2) is 11.6. The van der Waals surface area contributed by atoms with Gasteiger partial charge in [-0.25, -0.2) is 18.2 Å². The number of nitrogens with zero attached hydrogens (tertiary/aromatic N) is 2. The number of allylic oxidation sites excluding steroid dienone is 3. The number of aromatic nitrogens is 1. The smallest absolute Gasteiger partial charge is 0.326 e. The van der Waals surface area contributed by atoms with Gasteiger partial charge in [-0.3, -0.25) is 4.79 Å². The molecule has 12 heteroatoms. The highest BCUT2D eigenvalue weighted by atomic mass is 35.5. The van der Waals surface area contributed by atoms with E-state index >= 15 is 0 Å². The van der Waals surface area contributed by atoms with Crippen LogP contribution in [-0.2, 0) is 26.0 Å². The number of carboxylic acid groups (broad SMARTS) is 1. The number of benzene rings is 1. The molecule has 0 bridgehead atoms. The summed E-state index contributed by atoms with van der Waals surface area (Å²) in [5, 5.41) is 11.7. The second-order valence-corrected chi connectivity index (χ2v) is 13.4. The van der Waals surface area contributed by atoms with Crippen molar-refractivity contribution in [1.82, 2.24) is 14.6 Å². The number of nitrogens with two attached hydrogens (primary N) is 1. The molecule has 38 heavy (non-hydrogen) atoms. The number of amides is 1. The maximum Gasteiger partial charge on any atom is 0.326 e. The lowest BCUT2D eigenvalue weighted by Crippen LogP contribution is -2.48. The Kier molecular flexibility index (Phi) is 8.71. The van der Waals surface area contributed by atoms with Crippen molar-refractivity contribution in [2.75, 3.05) is 12.3 Å². The summed E-state index contributed by atoms with van der Waals surface area (Å²) < 4.78 is 29.2. The van der Waals surface area contributed by atoms with Gasteiger partial charge in [-0.15, -0.1) is 0 Å². The first-order valence-electron chi connectivity index (χ1n) is 12.4. The zero-order chi connectivity index (χ0) is 27.6. The number of nitrogens with one attached hydrogen (secondary N) is 1. The molecule has 1 saturated heterocycles.